The van der Waals surface area contributed by atoms with Gasteiger partial charge < -0.3 is 9.73 Å². The third-order valence-corrected chi connectivity index (χ3v) is 4.78. The largest absolute Gasteiger partial charge is 0.421 e. The first-order chi connectivity index (χ1) is 13.8. The van der Waals surface area contributed by atoms with Gasteiger partial charge in [-0.05, 0) is 36.8 Å². The zero-order chi connectivity index (χ0) is 20.9. The summed E-state index contributed by atoms with van der Waals surface area (Å²) >= 11 is 0. The van der Waals surface area contributed by atoms with Crippen LogP contribution in [0.1, 0.15) is 23.4 Å². The van der Waals surface area contributed by atoms with Crippen molar-refractivity contribution in [2.24, 2.45) is 0 Å². The summed E-state index contributed by atoms with van der Waals surface area (Å²) in [5.41, 5.74) is 3.40. The van der Waals surface area contributed by atoms with Crippen LogP contribution in [0.2, 0.25) is 0 Å². The maximum absolute atomic E-state index is 12.1. The van der Waals surface area contributed by atoms with Crippen molar-refractivity contribution < 1.29 is 17.6 Å². The van der Waals surface area contributed by atoms with Crippen LogP contribution in [-0.2, 0) is 27.8 Å². The molecule has 1 heterocycles. The number of carbonyl (C=O) groups is 1. The van der Waals surface area contributed by atoms with Gasteiger partial charge in [0.1, 0.15) is 0 Å². The number of hydrogen-bond acceptors (Lipinski definition) is 6. The summed E-state index contributed by atoms with van der Waals surface area (Å²) in [6, 6.07) is 14.7. The molecule has 0 bridgehead atoms. The molecular weight excluding hydrogens is 392 g/mol. The number of aromatic nitrogens is 2. The lowest BCUT2D eigenvalue weighted by Crippen LogP contribution is -2.21. The van der Waals surface area contributed by atoms with Gasteiger partial charge in [-0.25, -0.2) is 13.1 Å². The van der Waals surface area contributed by atoms with E-state index in [2.05, 4.69) is 20.2 Å². The van der Waals surface area contributed by atoms with Crippen molar-refractivity contribution in [2.45, 2.75) is 26.3 Å². The number of nitrogens with one attached hydrogen (secondary N) is 2. The molecule has 0 atom stereocenters. The number of hydrogen-bond donors (Lipinski definition) is 2. The number of aryl methyl sites for hydroxylation is 2. The van der Waals surface area contributed by atoms with Gasteiger partial charge in [-0.15, -0.1) is 10.2 Å². The highest BCUT2D eigenvalue weighted by molar-refractivity contribution is 7.88. The highest BCUT2D eigenvalue weighted by Crippen LogP contribution is 2.19. The predicted molar refractivity (Wildman–Crippen MR) is 110 cm³/mol. The van der Waals surface area contributed by atoms with Gasteiger partial charge in [0, 0.05) is 30.6 Å². The molecular formula is C20H22N4O4S. The minimum absolute atomic E-state index is 0.179. The molecule has 3 aromatic rings. The summed E-state index contributed by atoms with van der Waals surface area (Å²) in [6.45, 7) is 2.20. The Kier molecular flexibility index (Phi) is 6.40. The van der Waals surface area contributed by atoms with Gasteiger partial charge in [0.05, 0.1) is 6.26 Å². The fourth-order valence-corrected chi connectivity index (χ4v) is 2.96. The van der Waals surface area contributed by atoms with E-state index < -0.39 is 10.0 Å². The zero-order valence-corrected chi connectivity index (χ0v) is 17.0. The first-order valence-corrected chi connectivity index (χ1v) is 10.9. The molecule has 0 aliphatic carbocycles. The first kappa shape index (κ1) is 20.7. The minimum atomic E-state index is -3.24. The number of carbonyl (C=O) groups excluding carboxylic acids is 1. The Bertz CT molecular complexity index is 1070. The molecule has 1 amide bonds. The second-order valence-electron chi connectivity index (χ2n) is 6.71. The number of amides is 1. The lowest BCUT2D eigenvalue weighted by molar-refractivity contribution is -0.116. The predicted octanol–water partition coefficient (Wildman–Crippen LogP) is 2.67. The molecule has 9 heteroatoms. The molecule has 0 aliphatic rings. The van der Waals surface area contributed by atoms with Crippen LogP contribution >= 0.6 is 0 Å². The van der Waals surface area contributed by atoms with E-state index in [9.17, 15) is 13.2 Å². The number of benzene rings is 2. The number of sulfonamides is 1. The van der Waals surface area contributed by atoms with E-state index in [1.54, 1.807) is 24.3 Å². The van der Waals surface area contributed by atoms with Gasteiger partial charge in [0.2, 0.25) is 27.7 Å². The van der Waals surface area contributed by atoms with Gasteiger partial charge in [-0.2, -0.15) is 0 Å². The number of nitrogens with zero attached hydrogens (tertiary/aromatic N) is 2. The highest BCUT2D eigenvalue weighted by atomic mass is 32.2. The van der Waals surface area contributed by atoms with Gasteiger partial charge in [0.15, 0.2) is 0 Å². The molecule has 0 fully saturated rings. The van der Waals surface area contributed by atoms with Crippen molar-refractivity contribution in [3.63, 3.8) is 0 Å². The van der Waals surface area contributed by atoms with Crippen molar-refractivity contribution in [3.05, 3.63) is 65.5 Å². The smallest absolute Gasteiger partial charge is 0.247 e. The quantitative estimate of drug-likeness (QED) is 0.586. The van der Waals surface area contributed by atoms with Crippen LogP contribution in [0.15, 0.2) is 52.9 Å². The molecule has 0 radical (unpaired) electrons. The van der Waals surface area contributed by atoms with Crippen LogP contribution in [0.4, 0.5) is 5.69 Å². The van der Waals surface area contributed by atoms with Crippen molar-refractivity contribution in [3.8, 4) is 11.5 Å². The fourth-order valence-electron chi connectivity index (χ4n) is 2.53. The van der Waals surface area contributed by atoms with Gasteiger partial charge >= 0.3 is 0 Å². The topological polar surface area (TPSA) is 114 Å². The molecule has 152 valence electrons. The Hall–Kier alpha value is -3.04. The van der Waals surface area contributed by atoms with Gasteiger partial charge in [0.25, 0.3) is 0 Å². The van der Waals surface area contributed by atoms with E-state index in [0.717, 1.165) is 22.9 Å². The van der Waals surface area contributed by atoms with Crippen LogP contribution in [0.5, 0.6) is 0 Å². The molecule has 29 heavy (non-hydrogen) atoms. The first-order valence-electron chi connectivity index (χ1n) is 9.01. The molecule has 2 N–H and O–H groups in total. The SMILES string of the molecule is Cc1ccc(-c2nnc(CCC(=O)Nc3ccc(CNS(C)(=O)=O)cc3)o2)cc1. The molecule has 0 aliphatic heterocycles. The van der Waals surface area contributed by atoms with Crippen molar-refractivity contribution in [2.75, 3.05) is 11.6 Å². The lowest BCUT2D eigenvalue weighted by atomic mass is 10.1. The molecule has 3 rings (SSSR count). The van der Waals surface area contributed by atoms with Crippen molar-refractivity contribution >= 4 is 21.6 Å². The van der Waals surface area contributed by atoms with Crippen LogP contribution in [-0.4, -0.2) is 30.8 Å². The van der Waals surface area contributed by atoms with E-state index in [1.165, 1.54) is 0 Å². The van der Waals surface area contributed by atoms with E-state index in [1.807, 2.05) is 31.2 Å². The molecule has 1 aromatic heterocycles. The maximum atomic E-state index is 12.1. The number of anilines is 1. The Labute approximate surface area is 169 Å². The van der Waals surface area contributed by atoms with Crippen molar-refractivity contribution in [1.82, 2.24) is 14.9 Å². The molecule has 0 spiro atoms. The summed E-state index contributed by atoms with van der Waals surface area (Å²) in [7, 11) is -3.24. The third kappa shape index (κ3) is 6.51. The second-order valence-corrected chi connectivity index (χ2v) is 8.54. The summed E-state index contributed by atoms with van der Waals surface area (Å²) < 4.78 is 30.3. The summed E-state index contributed by atoms with van der Waals surface area (Å²) in [4.78, 5) is 12.1. The van der Waals surface area contributed by atoms with Crippen LogP contribution < -0.4 is 10.0 Å². The third-order valence-electron chi connectivity index (χ3n) is 4.11. The summed E-state index contributed by atoms with van der Waals surface area (Å²) in [5.74, 6) is 0.652. The zero-order valence-electron chi connectivity index (χ0n) is 16.2. The Morgan fingerprint density at radius 2 is 1.72 bits per heavy atom. The Morgan fingerprint density at radius 1 is 1.03 bits per heavy atom. The monoisotopic (exact) mass is 414 g/mol. The van der Waals surface area contributed by atoms with Crippen LogP contribution in [0.3, 0.4) is 0 Å². The van der Waals surface area contributed by atoms with Crippen LogP contribution in [0, 0.1) is 6.92 Å². The normalized spacial score (nSPS) is 11.4. The number of rotatable bonds is 8. The van der Waals surface area contributed by atoms with E-state index in [0.29, 0.717) is 23.9 Å². The summed E-state index contributed by atoms with van der Waals surface area (Å²) in [5, 5.41) is 10.8. The van der Waals surface area contributed by atoms with E-state index >= 15 is 0 Å². The minimum Gasteiger partial charge on any atom is -0.421 e. The molecule has 0 unspecified atom stereocenters. The van der Waals surface area contributed by atoms with Gasteiger partial charge in [-0.1, -0.05) is 29.8 Å². The Balaban J connectivity index is 1.49. The van der Waals surface area contributed by atoms with E-state index in [-0.39, 0.29) is 18.9 Å². The van der Waals surface area contributed by atoms with Crippen LogP contribution in [0.25, 0.3) is 11.5 Å². The molecule has 2 aromatic carbocycles. The van der Waals surface area contributed by atoms with Gasteiger partial charge in [-0.3, -0.25) is 4.79 Å². The average molecular weight is 414 g/mol. The standard InChI is InChI=1S/C20H22N4O4S/c1-14-3-7-16(8-4-14)20-24-23-19(28-20)12-11-18(25)22-17-9-5-15(6-10-17)13-21-29(2,26)27/h3-10,21H,11-13H2,1-2H3,(H,22,25). The maximum Gasteiger partial charge on any atom is 0.247 e. The Morgan fingerprint density at radius 3 is 2.38 bits per heavy atom. The molecule has 0 saturated heterocycles. The molecule has 0 saturated carbocycles. The molecule has 8 nitrogen and oxygen atoms in total. The van der Waals surface area contributed by atoms with E-state index in [4.69, 9.17) is 4.42 Å². The average Bonchev–Trinajstić information content (AvgIpc) is 3.15. The highest BCUT2D eigenvalue weighted by Gasteiger charge is 2.11. The summed E-state index contributed by atoms with van der Waals surface area (Å²) in [6.07, 6.45) is 1.64. The second kappa shape index (κ2) is 8.97. The fraction of sp³-hybridized carbons (Fsp3) is 0.250. The lowest BCUT2D eigenvalue weighted by Gasteiger charge is -2.06. The van der Waals surface area contributed by atoms with Crippen molar-refractivity contribution in [1.29, 1.82) is 0 Å².